The lowest BCUT2D eigenvalue weighted by molar-refractivity contribution is -0.173. The fourth-order valence-corrected chi connectivity index (χ4v) is 7.68. The molecule has 0 spiro atoms. The second-order valence-corrected chi connectivity index (χ2v) is 11.2. The Morgan fingerprint density at radius 2 is 2.08 bits per heavy atom. The Bertz CT molecular complexity index is 1370. The first-order chi connectivity index (χ1) is 17.7. The smallest absolute Gasteiger partial charge is 0.321 e. The number of nitrogens with zero attached hydrogens (tertiary/aromatic N) is 1. The van der Waals surface area contributed by atoms with Crippen LogP contribution in [0.1, 0.15) is 36.5 Å². The van der Waals surface area contributed by atoms with Crippen LogP contribution in [0.4, 0.5) is 0 Å². The van der Waals surface area contributed by atoms with E-state index < -0.39 is 29.1 Å². The number of fused-ring (bicyclic) bond motifs is 1. The molecule has 1 saturated carbocycles. The minimum atomic E-state index is -0.895. The lowest BCUT2D eigenvalue weighted by atomic mass is 9.52. The first-order valence-electron chi connectivity index (χ1n) is 13.0. The fourth-order valence-electron chi connectivity index (χ4n) is 7.68. The van der Waals surface area contributed by atoms with Crippen LogP contribution >= 0.6 is 0 Å². The maximum Gasteiger partial charge on any atom is 0.321 e. The van der Waals surface area contributed by atoms with Crippen LogP contribution in [0, 0.1) is 0 Å². The number of aromatic amines is 1. The Labute approximate surface area is 216 Å². The molecule has 2 aliphatic carbocycles. The van der Waals surface area contributed by atoms with E-state index >= 15 is 0 Å². The summed E-state index contributed by atoms with van der Waals surface area (Å²) in [5.74, 6) is -0.260. The first-order valence-corrected chi connectivity index (χ1v) is 13.0. The quantitative estimate of drug-likeness (QED) is 0.391. The van der Waals surface area contributed by atoms with E-state index in [1.807, 2.05) is 36.5 Å². The van der Waals surface area contributed by atoms with Crippen LogP contribution in [-0.2, 0) is 27.8 Å². The van der Waals surface area contributed by atoms with Crippen LogP contribution in [0.5, 0.6) is 11.5 Å². The van der Waals surface area contributed by atoms with Gasteiger partial charge in [-0.05, 0) is 63.5 Å². The number of aromatic nitrogens is 1. The summed E-state index contributed by atoms with van der Waals surface area (Å²) in [5.41, 5.74) is 3.00. The molecule has 2 unspecified atom stereocenters. The van der Waals surface area contributed by atoms with E-state index in [1.165, 1.54) is 0 Å². The topological polar surface area (TPSA) is 107 Å². The zero-order valence-electron chi connectivity index (χ0n) is 21.7. The molecule has 3 aromatic rings. The molecule has 6 atom stereocenters. The van der Waals surface area contributed by atoms with Crippen LogP contribution in [0.3, 0.4) is 0 Å². The number of H-pyrrole nitrogens is 1. The molecule has 0 bridgehead atoms. The molecule has 4 N–H and O–H groups in total. The van der Waals surface area contributed by atoms with Crippen molar-refractivity contribution in [2.24, 2.45) is 0 Å². The summed E-state index contributed by atoms with van der Waals surface area (Å²) in [6.07, 6.45) is 4.09. The van der Waals surface area contributed by atoms with E-state index in [0.29, 0.717) is 18.6 Å². The van der Waals surface area contributed by atoms with Gasteiger partial charge >= 0.3 is 5.97 Å². The maximum atomic E-state index is 12.5. The van der Waals surface area contributed by atoms with Gasteiger partial charge in [-0.25, -0.2) is 0 Å². The lowest BCUT2D eigenvalue weighted by Crippen LogP contribution is -2.74. The van der Waals surface area contributed by atoms with Gasteiger partial charge in [0, 0.05) is 48.3 Å². The molecule has 2 heterocycles. The molecule has 6 rings (SSSR count). The Hall–Kier alpha value is -3.07. The van der Waals surface area contributed by atoms with Crippen LogP contribution in [0.15, 0.2) is 42.6 Å². The SMILES string of the molecule is CO[C@@]12CC[C@@H](N[C@@H](Cc3c[nH]c4ccccc34)C(=O)O)[C@@H]3Oc4c(O)ccc(c4C31C)CC2N(C)C. The van der Waals surface area contributed by atoms with Crippen molar-refractivity contribution in [1.82, 2.24) is 15.2 Å². The Morgan fingerprint density at radius 3 is 2.81 bits per heavy atom. The van der Waals surface area contributed by atoms with E-state index in [0.717, 1.165) is 40.4 Å². The standard InChI is InChI=1S/C29H35N3O5/c1-28-24-16-9-10-22(33)25(24)37-26(28)20(11-12-29(28,36-4)23(14-16)32(2)3)31-21(27(34)35)13-17-15-30-19-8-6-5-7-18(17)19/h5-10,15,20-21,23,26,30-31,33H,11-14H2,1-4H3,(H,34,35)/t20-,21+,23?,26+,28?,29-/m1/s1. The van der Waals surface area contributed by atoms with Gasteiger partial charge in [-0.15, -0.1) is 0 Å². The second kappa shape index (κ2) is 8.48. The van der Waals surface area contributed by atoms with Crippen LogP contribution < -0.4 is 10.1 Å². The molecule has 196 valence electrons. The van der Waals surface area contributed by atoms with Crippen LogP contribution in [-0.4, -0.2) is 77.1 Å². The number of benzene rings is 2. The highest BCUT2D eigenvalue weighted by Gasteiger charge is 2.70. The van der Waals surface area contributed by atoms with Gasteiger partial charge in [-0.1, -0.05) is 24.3 Å². The number of nitrogens with one attached hydrogen (secondary N) is 2. The fraction of sp³-hybridized carbons (Fsp3) is 0.483. The number of hydrogen-bond acceptors (Lipinski definition) is 6. The number of likely N-dealkylation sites (N-methyl/N-ethyl adjacent to an activating group) is 1. The highest BCUT2D eigenvalue weighted by molar-refractivity contribution is 5.84. The third kappa shape index (κ3) is 3.28. The van der Waals surface area contributed by atoms with Gasteiger partial charge < -0.3 is 29.6 Å². The minimum absolute atomic E-state index is 0.110. The van der Waals surface area contributed by atoms with Crippen molar-refractivity contribution in [3.63, 3.8) is 0 Å². The molecule has 3 aliphatic rings. The largest absolute Gasteiger partial charge is 0.504 e. The third-order valence-corrected chi connectivity index (χ3v) is 9.38. The summed E-state index contributed by atoms with van der Waals surface area (Å²) in [5, 5.41) is 25.5. The van der Waals surface area contributed by atoms with E-state index in [2.05, 4.69) is 36.2 Å². The van der Waals surface area contributed by atoms with Crippen molar-refractivity contribution in [3.05, 3.63) is 59.3 Å². The van der Waals surface area contributed by atoms with Gasteiger partial charge in [0.15, 0.2) is 11.5 Å². The number of hydrogen-bond donors (Lipinski definition) is 4. The number of methoxy groups -OCH3 is 1. The molecule has 0 amide bonds. The van der Waals surface area contributed by atoms with Crippen LogP contribution in [0.25, 0.3) is 10.9 Å². The molecule has 1 aromatic heterocycles. The number of phenolic OH excluding ortho intramolecular Hbond substituents is 1. The van der Waals surface area contributed by atoms with Gasteiger partial charge in [0.1, 0.15) is 12.1 Å². The zero-order chi connectivity index (χ0) is 26.1. The zero-order valence-corrected chi connectivity index (χ0v) is 21.7. The van der Waals surface area contributed by atoms with Crippen molar-refractivity contribution in [3.8, 4) is 11.5 Å². The average molecular weight is 506 g/mol. The minimum Gasteiger partial charge on any atom is -0.504 e. The number of ether oxygens (including phenoxy) is 2. The van der Waals surface area contributed by atoms with Gasteiger partial charge in [-0.2, -0.15) is 0 Å². The summed E-state index contributed by atoms with van der Waals surface area (Å²) in [6, 6.07) is 10.7. The van der Waals surface area contributed by atoms with Crippen molar-refractivity contribution >= 4 is 16.9 Å². The monoisotopic (exact) mass is 505 g/mol. The Morgan fingerprint density at radius 1 is 1.30 bits per heavy atom. The average Bonchev–Trinajstić information content (AvgIpc) is 3.43. The number of aliphatic carboxylic acids is 1. The van der Waals surface area contributed by atoms with Crippen LogP contribution in [0.2, 0.25) is 0 Å². The summed E-state index contributed by atoms with van der Waals surface area (Å²) in [4.78, 5) is 18.0. The van der Waals surface area contributed by atoms with Crippen molar-refractivity contribution in [2.75, 3.05) is 21.2 Å². The number of para-hydroxylation sites is 1. The molecular weight excluding hydrogens is 470 g/mol. The van der Waals surface area contributed by atoms with Gasteiger partial charge in [-0.3, -0.25) is 10.1 Å². The highest BCUT2D eigenvalue weighted by Crippen LogP contribution is 2.63. The molecule has 0 saturated heterocycles. The maximum absolute atomic E-state index is 12.5. The number of carboxylic acid groups (broad SMARTS) is 1. The lowest BCUT2D eigenvalue weighted by Gasteiger charge is -2.60. The number of carboxylic acids is 1. The van der Waals surface area contributed by atoms with E-state index in [1.54, 1.807) is 13.2 Å². The molecular formula is C29H35N3O5. The van der Waals surface area contributed by atoms with Gasteiger partial charge in [0.25, 0.3) is 0 Å². The van der Waals surface area contributed by atoms with Gasteiger partial charge in [0.05, 0.1) is 11.0 Å². The molecule has 2 aromatic carbocycles. The molecule has 0 radical (unpaired) electrons. The molecule has 1 fully saturated rings. The predicted octanol–water partition coefficient (Wildman–Crippen LogP) is 3.21. The molecule has 1 aliphatic heterocycles. The Kier molecular flexibility index (Phi) is 5.56. The number of carbonyl (C=O) groups is 1. The number of aromatic hydroxyl groups is 1. The van der Waals surface area contributed by atoms with E-state index in [-0.39, 0.29) is 17.8 Å². The highest BCUT2D eigenvalue weighted by atomic mass is 16.5. The molecule has 8 heteroatoms. The number of phenols is 1. The third-order valence-electron chi connectivity index (χ3n) is 9.38. The Balaban J connectivity index is 1.38. The second-order valence-electron chi connectivity index (χ2n) is 11.2. The van der Waals surface area contributed by atoms with Crippen molar-refractivity contribution in [1.29, 1.82) is 0 Å². The summed E-state index contributed by atoms with van der Waals surface area (Å²) in [6.45, 7) is 2.18. The summed E-state index contributed by atoms with van der Waals surface area (Å²) in [7, 11) is 5.94. The predicted molar refractivity (Wildman–Crippen MR) is 140 cm³/mol. The van der Waals surface area contributed by atoms with Crippen molar-refractivity contribution in [2.45, 2.75) is 67.9 Å². The molecule has 37 heavy (non-hydrogen) atoms. The van der Waals surface area contributed by atoms with E-state index in [4.69, 9.17) is 9.47 Å². The summed E-state index contributed by atoms with van der Waals surface area (Å²) >= 11 is 0. The normalized spacial score (nSPS) is 30.8. The first kappa shape index (κ1) is 24.3. The molecule has 8 nitrogen and oxygen atoms in total. The van der Waals surface area contributed by atoms with Gasteiger partial charge in [0.2, 0.25) is 0 Å². The summed E-state index contributed by atoms with van der Waals surface area (Å²) < 4.78 is 13.0. The van der Waals surface area contributed by atoms with Crippen molar-refractivity contribution < 1.29 is 24.5 Å². The van der Waals surface area contributed by atoms with E-state index in [9.17, 15) is 15.0 Å². The number of rotatable bonds is 7.